The zero-order valence-electron chi connectivity index (χ0n) is 13.4. The first kappa shape index (κ1) is 15.8. The van der Waals surface area contributed by atoms with Crippen molar-refractivity contribution in [3.8, 4) is 6.07 Å². The van der Waals surface area contributed by atoms with Crippen LogP contribution in [0, 0.1) is 11.3 Å². The number of nitrogens with zero attached hydrogens (tertiary/aromatic N) is 5. The predicted molar refractivity (Wildman–Crippen MR) is 93.4 cm³/mol. The van der Waals surface area contributed by atoms with E-state index in [4.69, 9.17) is 0 Å². The second-order valence-corrected chi connectivity index (χ2v) is 6.42. The van der Waals surface area contributed by atoms with Gasteiger partial charge in [0.1, 0.15) is 23.8 Å². The fourth-order valence-electron chi connectivity index (χ4n) is 2.68. The monoisotopic (exact) mass is 328 g/mol. The number of piperazine rings is 1. The van der Waals surface area contributed by atoms with Crippen molar-refractivity contribution < 1.29 is 0 Å². The van der Waals surface area contributed by atoms with Gasteiger partial charge in [-0.1, -0.05) is 18.7 Å². The molecule has 0 bridgehead atoms. The Hall–Kier alpha value is -2.04. The highest BCUT2D eigenvalue weighted by Crippen LogP contribution is 2.31. The molecule has 3 heterocycles. The molecule has 0 unspecified atom stereocenters. The topological polar surface area (TPSA) is 68.1 Å². The third-order valence-corrected chi connectivity index (χ3v) is 5.07. The Bertz CT molecular complexity index is 682. The lowest BCUT2D eigenvalue weighted by molar-refractivity contribution is 0.270. The molecule has 23 heavy (non-hydrogen) atoms. The Balaban J connectivity index is 1.82. The maximum Gasteiger partial charge on any atom is 0.132 e. The number of anilines is 1. The van der Waals surface area contributed by atoms with Crippen molar-refractivity contribution in [3.63, 3.8) is 0 Å². The summed E-state index contributed by atoms with van der Waals surface area (Å²) >= 11 is 1.53. The summed E-state index contributed by atoms with van der Waals surface area (Å²) in [6.07, 6.45) is 1.55. The van der Waals surface area contributed by atoms with Gasteiger partial charge in [0.15, 0.2) is 0 Å². The molecule has 0 saturated carbocycles. The molecule has 7 heteroatoms. The Morgan fingerprint density at radius 2 is 2.13 bits per heavy atom. The van der Waals surface area contributed by atoms with Crippen LogP contribution in [0.5, 0.6) is 0 Å². The van der Waals surface area contributed by atoms with Gasteiger partial charge in [0, 0.05) is 37.9 Å². The molecule has 0 spiro atoms. The molecule has 2 aliphatic heterocycles. The lowest BCUT2D eigenvalue weighted by atomic mass is 10.2. The van der Waals surface area contributed by atoms with Crippen molar-refractivity contribution in [1.82, 2.24) is 20.2 Å². The SMILES string of the molecule is CCN1CCN(c2cc(C(C#N)=C3NC(C)=CS3)ncn2)CC1. The van der Waals surface area contributed by atoms with Crippen LogP contribution in [-0.4, -0.2) is 47.6 Å². The van der Waals surface area contributed by atoms with Gasteiger partial charge in [-0.05, 0) is 18.9 Å². The summed E-state index contributed by atoms with van der Waals surface area (Å²) in [5, 5.41) is 15.6. The maximum absolute atomic E-state index is 9.53. The van der Waals surface area contributed by atoms with E-state index in [1.165, 1.54) is 11.8 Å². The van der Waals surface area contributed by atoms with Crippen LogP contribution >= 0.6 is 11.8 Å². The molecule has 1 N–H and O–H groups in total. The Morgan fingerprint density at radius 1 is 1.35 bits per heavy atom. The summed E-state index contributed by atoms with van der Waals surface area (Å²) in [5.74, 6) is 0.895. The summed E-state index contributed by atoms with van der Waals surface area (Å²) < 4.78 is 0. The number of hydrogen-bond acceptors (Lipinski definition) is 7. The number of thioether (sulfide) groups is 1. The number of likely N-dealkylation sites (N-methyl/N-ethyl adjacent to an activating group) is 1. The van der Waals surface area contributed by atoms with Crippen molar-refractivity contribution in [1.29, 1.82) is 5.26 Å². The Kier molecular flexibility index (Phi) is 4.84. The molecular weight excluding hydrogens is 308 g/mol. The van der Waals surface area contributed by atoms with E-state index < -0.39 is 0 Å². The third kappa shape index (κ3) is 3.49. The van der Waals surface area contributed by atoms with Crippen molar-refractivity contribution in [2.45, 2.75) is 13.8 Å². The first-order valence-electron chi connectivity index (χ1n) is 7.75. The van der Waals surface area contributed by atoms with E-state index in [-0.39, 0.29) is 0 Å². The third-order valence-electron chi connectivity index (χ3n) is 4.06. The van der Waals surface area contributed by atoms with Crippen LogP contribution in [0.25, 0.3) is 5.57 Å². The van der Waals surface area contributed by atoms with Crippen LogP contribution in [0.2, 0.25) is 0 Å². The molecule has 0 radical (unpaired) electrons. The van der Waals surface area contributed by atoms with Crippen LogP contribution in [-0.2, 0) is 0 Å². The zero-order chi connectivity index (χ0) is 16.2. The summed E-state index contributed by atoms with van der Waals surface area (Å²) in [6.45, 7) is 9.25. The first-order valence-corrected chi connectivity index (χ1v) is 8.63. The summed E-state index contributed by atoms with van der Waals surface area (Å²) in [6, 6.07) is 4.19. The summed E-state index contributed by atoms with van der Waals surface area (Å²) in [4.78, 5) is 13.4. The van der Waals surface area contributed by atoms with Gasteiger partial charge in [-0.2, -0.15) is 5.26 Å². The number of hydrogen-bond donors (Lipinski definition) is 1. The van der Waals surface area contributed by atoms with Gasteiger partial charge in [0.2, 0.25) is 0 Å². The van der Waals surface area contributed by atoms with Crippen LogP contribution in [0.15, 0.2) is 28.5 Å². The molecule has 0 aliphatic carbocycles. The number of nitrogens with one attached hydrogen (secondary N) is 1. The smallest absolute Gasteiger partial charge is 0.132 e. The standard InChI is InChI=1S/C16H20N6S/c1-3-21-4-6-22(7-5-21)15-8-14(18-11-19-15)13(9-17)16-20-12(2)10-23-16/h8,10-11,20H,3-7H2,1-2H3. The fraction of sp³-hybridized carbons (Fsp3) is 0.438. The lowest BCUT2D eigenvalue weighted by Gasteiger charge is -2.34. The molecule has 120 valence electrons. The summed E-state index contributed by atoms with van der Waals surface area (Å²) in [5.41, 5.74) is 2.29. The molecule has 3 rings (SSSR count). The van der Waals surface area contributed by atoms with Crippen molar-refractivity contribution >= 4 is 23.2 Å². The van der Waals surface area contributed by atoms with Crippen molar-refractivity contribution in [3.05, 3.63) is 34.2 Å². The number of aromatic nitrogens is 2. The fourth-order valence-corrected chi connectivity index (χ4v) is 3.52. The van der Waals surface area contributed by atoms with E-state index in [1.54, 1.807) is 6.33 Å². The number of rotatable bonds is 3. The van der Waals surface area contributed by atoms with Gasteiger partial charge in [0.25, 0.3) is 0 Å². The second-order valence-electron chi connectivity index (χ2n) is 5.54. The summed E-state index contributed by atoms with van der Waals surface area (Å²) in [7, 11) is 0. The molecule has 1 aromatic heterocycles. The maximum atomic E-state index is 9.53. The van der Waals surface area contributed by atoms with Gasteiger partial charge in [-0.15, -0.1) is 0 Å². The average molecular weight is 328 g/mol. The molecule has 1 fully saturated rings. The van der Waals surface area contributed by atoms with Gasteiger partial charge in [-0.3, -0.25) is 0 Å². The molecule has 1 aromatic rings. The zero-order valence-corrected chi connectivity index (χ0v) is 14.2. The van der Waals surface area contributed by atoms with Crippen molar-refractivity contribution in [2.75, 3.05) is 37.6 Å². The highest BCUT2D eigenvalue weighted by atomic mass is 32.2. The highest BCUT2D eigenvalue weighted by molar-refractivity contribution is 8.06. The molecule has 0 aromatic carbocycles. The van der Waals surface area contributed by atoms with E-state index in [9.17, 15) is 5.26 Å². The Morgan fingerprint density at radius 3 is 2.74 bits per heavy atom. The second kappa shape index (κ2) is 7.02. The largest absolute Gasteiger partial charge is 0.354 e. The van der Waals surface area contributed by atoms with Gasteiger partial charge in [0.05, 0.1) is 10.7 Å². The first-order chi connectivity index (χ1) is 11.2. The van der Waals surface area contributed by atoms with Crippen LogP contribution in [0.1, 0.15) is 19.5 Å². The molecule has 6 nitrogen and oxygen atoms in total. The van der Waals surface area contributed by atoms with E-state index in [0.717, 1.165) is 49.3 Å². The van der Waals surface area contributed by atoms with Crippen LogP contribution < -0.4 is 10.2 Å². The van der Waals surface area contributed by atoms with Gasteiger partial charge >= 0.3 is 0 Å². The number of allylic oxidation sites excluding steroid dienone is 2. The van der Waals surface area contributed by atoms with Crippen LogP contribution in [0.4, 0.5) is 5.82 Å². The Labute approximate surface area is 140 Å². The molecule has 0 atom stereocenters. The molecule has 2 aliphatic rings. The van der Waals surface area contributed by atoms with E-state index >= 15 is 0 Å². The minimum Gasteiger partial charge on any atom is -0.354 e. The number of nitriles is 1. The predicted octanol–water partition coefficient (Wildman–Crippen LogP) is 2.01. The molecular formula is C16H20N6S. The molecule has 1 saturated heterocycles. The minimum atomic E-state index is 0.568. The minimum absolute atomic E-state index is 0.568. The normalized spacial score (nSPS) is 20.7. The van der Waals surface area contributed by atoms with E-state index in [1.807, 2.05) is 18.4 Å². The van der Waals surface area contributed by atoms with Crippen molar-refractivity contribution in [2.24, 2.45) is 0 Å². The highest BCUT2D eigenvalue weighted by Gasteiger charge is 2.19. The van der Waals surface area contributed by atoms with E-state index in [2.05, 4.69) is 38.1 Å². The van der Waals surface area contributed by atoms with Gasteiger partial charge < -0.3 is 15.1 Å². The molecule has 0 amide bonds. The lowest BCUT2D eigenvalue weighted by Crippen LogP contribution is -2.46. The quantitative estimate of drug-likeness (QED) is 0.851. The van der Waals surface area contributed by atoms with Crippen LogP contribution in [0.3, 0.4) is 0 Å². The van der Waals surface area contributed by atoms with Gasteiger partial charge in [-0.25, -0.2) is 9.97 Å². The van der Waals surface area contributed by atoms with E-state index in [0.29, 0.717) is 11.3 Å². The average Bonchev–Trinajstić information content (AvgIpc) is 3.02.